The van der Waals surface area contributed by atoms with E-state index in [1.54, 1.807) is 12.3 Å². The number of aromatic nitrogens is 1. The van der Waals surface area contributed by atoms with Crippen molar-refractivity contribution >= 4 is 17.5 Å². The molecule has 144 valence electrons. The van der Waals surface area contributed by atoms with Crippen LogP contribution in [-0.2, 0) is 6.54 Å². The topological polar surface area (TPSA) is 75.8 Å². The summed E-state index contributed by atoms with van der Waals surface area (Å²) in [6.07, 6.45) is -0.762. The number of hydrogen-bond acceptors (Lipinski definition) is 4. The molecule has 3 rings (SSSR count). The Labute approximate surface area is 154 Å². The van der Waals surface area contributed by atoms with Crippen LogP contribution in [0, 0.1) is 0 Å². The molecule has 3 N–H and O–H groups in total. The minimum Gasteiger partial charge on any atom is -0.404 e. The third-order valence-electron chi connectivity index (χ3n) is 4.05. The van der Waals surface area contributed by atoms with Crippen LogP contribution in [0.1, 0.15) is 18.4 Å². The molecule has 1 aliphatic rings. The molecule has 0 bridgehead atoms. The van der Waals surface area contributed by atoms with E-state index in [0.717, 1.165) is 37.3 Å². The van der Waals surface area contributed by atoms with Crippen LogP contribution in [0.25, 0.3) is 0 Å². The van der Waals surface area contributed by atoms with E-state index < -0.39 is 6.36 Å². The van der Waals surface area contributed by atoms with Crippen molar-refractivity contribution in [2.24, 2.45) is 10.7 Å². The SMILES string of the molecule is NC(=NCc1ccnc(N2CCCC2)c1)Nc1ccccc1OC(F)(F)F. The van der Waals surface area contributed by atoms with Crippen molar-refractivity contribution in [3.05, 3.63) is 48.2 Å². The number of alkyl halides is 3. The van der Waals surface area contributed by atoms with E-state index >= 15 is 0 Å². The molecular weight excluding hydrogens is 359 g/mol. The third-order valence-corrected chi connectivity index (χ3v) is 4.05. The van der Waals surface area contributed by atoms with Crippen molar-refractivity contribution in [3.63, 3.8) is 0 Å². The first kappa shape index (κ1) is 18.8. The van der Waals surface area contributed by atoms with Gasteiger partial charge in [-0.15, -0.1) is 13.2 Å². The van der Waals surface area contributed by atoms with E-state index in [1.807, 2.05) is 12.1 Å². The monoisotopic (exact) mass is 379 g/mol. The molecule has 1 fully saturated rings. The normalized spacial score (nSPS) is 15.1. The van der Waals surface area contributed by atoms with Gasteiger partial charge in [-0.3, -0.25) is 0 Å². The Bertz CT molecular complexity index is 804. The smallest absolute Gasteiger partial charge is 0.404 e. The van der Waals surface area contributed by atoms with Gasteiger partial charge in [-0.1, -0.05) is 12.1 Å². The van der Waals surface area contributed by atoms with Crippen LogP contribution < -0.4 is 20.7 Å². The molecule has 2 heterocycles. The molecule has 1 aromatic heterocycles. The van der Waals surface area contributed by atoms with Crippen molar-refractivity contribution in [3.8, 4) is 5.75 Å². The molecule has 0 amide bonds. The van der Waals surface area contributed by atoms with Gasteiger partial charge in [0.25, 0.3) is 0 Å². The summed E-state index contributed by atoms with van der Waals surface area (Å²) < 4.78 is 41.4. The average molecular weight is 379 g/mol. The number of ether oxygens (including phenoxy) is 1. The first-order chi connectivity index (χ1) is 12.9. The van der Waals surface area contributed by atoms with Crippen LogP contribution in [-0.4, -0.2) is 30.4 Å². The standard InChI is InChI=1S/C18H20F3N5O/c19-18(20,21)27-15-6-2-1-5-14(15)25-17(22)24-12-13-7-8-23-16(11-13)26-9-3-4-10-26/h1-2,5-8,11H,3-4,9-10,12H2,(H3,22,24,25). The number of nitrogens with two attached hydrogens (primary N) is 1. The zero-order valence-corrected chi connectivity index (χ0v) is 14.5. The fourth-order valence-electron chi connectivity index (χ4n) is 2.82. The number of benzene rings is 1. The van der Waals surface area contributed by atoms with Gasteiger partial charge in [0.05, 0.1) is 12.2 Å². The van der Waals surface area contributed by atoms with Crippen LogP contribution in [0.4, 0.5) is 24.7 Å². The molecule has 2 aromatic rings. The first-order valence-electron chi connectivity index (χ1n) is 8.52. The lowest BCUT2D eigenvalue weighted by Crippen LogP contribution is -2.24. The van der Waals surface area contributed by atoms with Gasteiger partial charge in [0, 0.05) is 19.3 Å². The molecule has 1 aromatic carbocycles. The van der Waals surface area contributed by atoms with E-state index in [4.69, 9.17) is 5.73 Å². The summed E-state index contributed by atoms with van der Waals surface area (Å²) in [5.74, 6) is 0.520. The number of nitrogens with zero attached hydrogens (tertiary/aromatic N) is 3. The summed E-state index contributed by atoms with van der Waals surface area (Å²) in [5, 5.41) is 2.65. The summed E-state index contributed by atoms with van der Waals surface area (Å²) in [6.45, 7) is 2.25. The second-order valence-electron chi connectivity index (χ2n) is 6.09. The fourth-order valence-corrected chi connectivity index (χ4v) is 2.82. The highest BCUT2D eigenvalue weighted by atomic mass is 19.4. The number of hydrogen-bond donors (Lipinski definition) is 2. The molecule has 9 heteroatoms. The van der Waals surface area contributed by atoms with Crippen LogP contribution in [0.2, 0.25) is 0 Å². The predicted molar refractivity (Wildman–Crippen MR) is 97.8 cm³/mol. The summed E-state index contributed by atoms with van der Waals surface area (Å²) in [7, 11) is 0. The zero-order valence-electron chi connectivity index (χ0n) is 14.5. The van der Waals surface area contributed by atoms with Crippen molar-refractivity contribution in [1.82, 2.24) is 4.98 Å². The Morgan fingerprint density at radius 1 is 1.22 bits per heavy atom. The van der Waals surface area contributed by atoms with E-state index in [-0.39, 0.29) is 23.9 Å². The van der Waals surface area contributed by atoms with E-state index in [9.17, 15) is 13.2 Å². The van der Waals surface area contributed by atoms with Crippen molar-refractivity contribution in [2.45, 2.75) is 25.7 Å². The molecule has 0 spiro atoms. The van der Waals surface area contributed by atoms with Gasteiger partial charge in [-0.05, 0) is 42.7 Å². The maximum absolute atomic E-state index is 12.5. The van der Waals surface area contributed by atoms with E-state index in [2.05, 4.69) is 24.9 Å². The third kappa shape index (κ3) is 5.50. The van der Waals surface area contributed by atoms with E-state index in [0.29, 0.717) is 0 Å². The van der Waals surface area contributed by atoms with Gasteiger partial charge in [0.2, 0.25) is 0 Å². The highest BCUT2D eigenvalue weighted by molar-refractivity contribution is 5.93. The summed E-state index contributed by atoms with van der Waals surface area (Å²) in [5.41, 5.74) is 6.82. The maximum Gasteiger partial charge on any atom is 0.573 e. The Morgan fingerprint density at radius 2 is 1.96 bits per heavy atom. The Morgan fingerprint density at radius 3 is 2.70 bits per heavy atom. The molecule has 27 heavy (non-hydrogen) atoms. The van der Waals surface area contributed by atoms with Crippen LogP contribution in [0.3, 0.4) is 0 Å². The highest BCUT2D eigenvalue weighted by Crippen LogP contribution is 2.29. The second-order valence-corrected chi connectivity index (χ2v) is 6.09. The minimum absolute atomic E-state index is 0.00670. The number of anilines is 2. The minimum atomic E-state index is -4.79. The molecule has 0 aliphatic carbocycles. The number of halogens is 3. The molecule has 0 unspecified atom stereocenters. The molecule has 0 saturated carbocycles. The molecular formula is C18H20F3N5O. The largest absolute Gasteiger partial charge is 0.573 e. The Kier molecular flexibility index (Phi) is 5.68. The Balaban J connectivity index is 1.66. The molecule has 1 aliphatic heterocycles. The summed E-state index contributed by atoms with van der Waals surface area (Å²) in [6, 6.07) is 9.43. The van der Waals surface area contributed by atoms with Crippen molar-refractivity contribution in [2.75, 3.05) is 23.3 Å². The number of aliphatic imine (C=N–C) groups is 1. The fraction of sp³-hybridized carbons (Fsp3) is 0.333. The Hall–Kier alpha value is -2.97. The molecule has 0 radical (unpaired) electrons. The van der Waals surface area contributed by atoms with Gasteiger partial charge in [0.1, 0.15) is 5.82 Å². The van der Waals surface area contributed by atoms with Crippen molar-refractivity contribution in [1.29, 1.82) is 0 Å². The first-order valence-corrected chi connectivity index (χ1v) is 8.52. The van der Waals surface area contributed by atoms with Gasteiger partial charge in [-0.2, -0.15) is 0 Å². The van der Waals surface area contributed by atoms with Crippen LogP contribution in [0.15, 0.2) is 47.6 Å². The van der Waals surface area contributed by atoms with Crippen LogP contribution in [0.5, 0.6) is 5.75 Å². The number of guanidine groups is 1. The van der Waals surface area contributed by atoms with Crippen molar-refractivity contribution < 1.29 is 17.9 Å². The highest BCUT2D eigenvalue weighted by Gasteiger charge is 2.32. The van der Waals surface area contributed by atoms with Gasteiger partial charge < -0.3 is 20.7 Å². The number of para-hydroxylation sites is 2. The molecule has 0 atom stereocenters. The number of pyridine rings is 1. The second kappa shape index (κ2) is 8.15. The van der Waals surface area contributed by atoms with Gasteiger partial charge >= 0.3 is 6.36 Å². The molecule has 6 nitrogen and oxygen atoms in total. The maximum atomic E-state index is 12.5. The predicted octanol–water partition coefficient (Wildman–Crippen LogP) is 3.51. The lowest BCUT2D eigenvalue weighted by molar-refractivity contribution is -0.274. The number of nitrogens with one attached hydrogen (secondary N) is 1. The number of rotatable bonds is 5. The average Bonchev–Trinajstić information content (AvgIpc) is 3.15. The van der Waals surface area contributed by atoms with Gasteiger partial charge in [0.15, 0.2) is 11.7 Å². The zero-order chi connectivity index (χ0) is 19.3. The van der Waals surface area contributed by atoms with E-state index in [1.165, 1.54) is 18.2 Å². The summed E-state index contributed by atoms with van der Waals surface area (Å²) in [4.78, 5) is 10.8. The molecule has 1 saturated heterocycles. The summed E-state index contributed by atoms with van der Waals surface area (Å²) >= 11 is 0. The lowest BCUT2D eigenvalue weighted by atomic mass is 10.2. The van der Waals surface area contributed by atoms with Gasteiger partial charge in [-0.25, -0.2) is 9.98 Å². The quantitative estimate of drug-likeness (QED) is 0.614. The lowest BCUT2D eigenvalue weighted by Gasteiger charge is -2.16. The van der Waals surface area contributed by atoms with Crippen LogP contribution >= 0.6 is 0 Å².